The van der Waals surface area contributed by atoms with Crippen molar-refractivity contribution < 1.29 is 16.8 Å². The standard InChI is InChI=1S/C24H32O4S3/c1-3-5-7-9-11-19-13-17-23(30(19,25)26)21-15-16-22(29-21)24-18-14-20(31(24,27)28)12-10-8-6-4-2/h13-18H,3-12H2,1-2H3. The molecule has 7 heteroatoms. The van der Waals surface area contributed by atoms with E-state index in [4.69, 9.17) is 0 Å². The predicted molar refractivity (Wildman–Crippen MR) is 132 cm³/mol. The lowest BCUT2D eigenvalue weighted by Crippen LogP contribution is -2.02. The minimum atomic E-state index is -3.48. The summed E-state index contributed by atoms with van der Waals surface area (Å²) in [5.41, 5.74) is 0. The molecule has 4 nitrogen and oxygen atoms in total. The number of hydrogen-bond acceptors (Lipinski definition) is 5. The maximum atomic E-state index is 13.0. The molecule has 0 amide bonds. The third kappa shape index (κ3) is 5.32. The third-order valence-electron chi connectivity index (χ3n) is 5.76. The maximum Gasteiger partial charge on any atom is 0.204 e. The Labute approximate surface area is 191 Å². The molecular formula is C24H32O4S3. The van der Waals surface area contributed by atoms with Gasteiger partial charge in [0.25, 0.3) is 0 Å². The molecule has 0 spiro atoms. The summed E-state index contributed by atoms with van der Waals surface area (Å²) in [5.74, 6) is 0. The Balaban J connectivity index is 1.68. The highest BCUT2D eigenvalue weighted by molar-refractivity contribution is 8.05. The van der Waals surface area contributed by atoms with Gasteiger partial charge in [0.2, 0.25) is 19.7 Å². The van der Waals surface area contributed by atoms with Crippen LogP contribution in [0.1, 0.15) is 87.8 Å². The molecule has 0 saturated carbocycles. The molecule has 0 fully saturated rings. The Bertz CT molecular complexity index is 1040. The highest BCUT2D eigenvalue weighted by Gasteiger charge is 2.32. The van der Waals surface area contributed by atoms with Gasteiger partial charge in [0.1, 0.15) is 0 Å². The Morgan fingerprint density at radius 3 is 1.42 bits per heavy atom. The monoisotopic (exact) mass is 480 g/mol. The molecule has 170 valence electrons. The molecule has 2 aliphatic heterocycles. The second kappa shape index (κ2) is 10.5. The zero-order valence-corrected chi connectivity index (χ0v) is 20.8. The first-order chi connectivity index (χ1) is 14.8. The van der Waals surface area contributed by atoms with E-state index in [0.717, 1.165) is 51.4 Å². The number of thiophene rings is 1. The van der Waals surface area contributed by atoms with Crippen molar-refractivity contribution in [3.8, 4) is 0 Å². The van der Waals surface area contributed by atoms with E-state index in [1.807, 2.05) is 0 Å². The van der Waals surface area contributed by atoms with Gasteiger partial charge in [-0.2, -0.15) is 0 Å². The third-order valence-corrected chi connectivity index (χ3v) is 11.1. The minimum absolute atomic E-state index is 0.290. The van der Waals surface area contributed by atoms with Gasteiger partial charge in [-0.15, -0.1) is 11.3 Å². The van der Waals surface area contributed by atoms with Gasteiger partial charge in [-0.05, 0) is 62.1 Å². The van der Waals surface area contributed by atoms with Gasteiger partial charge in [-0.25, -0.2) is 16.8 Å². The second-order valence-electron chi connectivity index (χ2n) is 8.12. The molecule has 0 unspecified atom stereocenters. The Morgan fingerprint density at radius 1 is 0.613 bits per heavy atom. The van der Waals surface area contributed by atoms with Crippen LogP contribution in [0.2, 0.25) is 0 Å². The molecule has 3 heterocycles. The SMILES string of the molecule is CCCCCCC1=CC=C(c2ccc(C3=CC=C(CCCCCC)S3(=O)=O)s2)S1(=O)=O. The summed E-state index contributed by atoms with van der Waals surface area (Å²) in [6, 6.07) is 3.46. The molecule has 1 aromatic heterocycles. The van der Waals surface area contributed by atoms with Crippen molar-refractivity contribution in [3.05, 3.63) is 56.0 Å². The first kappa shape index (κ1) is 24.2. The zero-order chi connectivity index (χ0) is 22.5. The van der Waals surface area contributed by atoms with Crippen LogP contribution in [0.5, 0.6) is 0 Å². The molecule has 1 aromatic rings. The first-order valence-electron chi connectivity index (χ1n) is 11.2. The number of hydrogen-bond donors (Lipinski definition) is 0. The molecular weight excluding hydrogens is 448 g/mol. The average molecular weight is 481 g/mol. The fourth-order valence-electron chi connectivity index (χ4n) is 3.90. The number of rotatable bonds is 12. The normalized spacial score (nSPS) is 19.2. The highest BCUT2D eigenvalue weighted by Crippen LogP contribution is 2.42. The van der Waals surface area contributed by atoms with Crippen LogP contribution in [0, 0.1) is 0 Å². The zero-order valence-electron chi connectivity index (χ0n) is 18.4. The topological polar surface area (TPSA) is 68.3 Å². The van der Waals surface area contributed by atoms with Crippen LogP contribution in [0.4, 0.5) is 0 Å². The molecule has 0 aliphatic carbocycles. The molecule has 0 bridgehead atoms. The maximum absolute atomic E-state index is 13.0. The molecule has 0 N–H and O–H groups in total. The van der Waals surface area contributed by atoms with Crippen molar-refractivity contribution in [2.75, 3.05) is 0 Å². The van der Waals surface area contributed by atoms with Gasteiger partial charge < -0.3 is 0 Å². The van der Waals surface area contributed by atoms with Crippen LogP contribution in [0.3, 0.4) is 0 Å². The fourth-order valence-corrected chi connectivity index (χ4v) is 8.70. The van der Waals surface area contributed by atoms with Gasteiger partial charge in [-0.3, -0.25) is 0 Å². The molecule has 0 atom stereocenters. The lowest BCUT2D eigenvalue weighted by atomic mass is 10.1. The first-order valence-corrected chi connectivity index (χ1v) is 15.0. The van der Waals surface area contributed by atoms with E-state index in [0.29, 0.717) is 32.4 Å². The lowest BCUT2D eigenvalue weighted by molar-refractivity contribution is 0.605. The van der Waals surface area contributed by atoms with Crippen molar-refractivity contribution >= 4 is 40.8 Å². The van der Waals surface area contributed by atoms with Crippen molar-refractivity contribution in [1.82, 2.24) is 0 Å². The number of allylic oxidation sites excluding steroid dienone is 6. The summed E-state index contributed by atoms with van der Waals surface area (Å²) in [7, 11) is -6.97. The van der Waals surface area contributed by atoms with Gasteiger partial charge in [-0.1, -0.05) is 52.4 Å². The number of sulfone groups is 2. The van der Waals surface area contributed by atoms with E-state index in [1.54, 1.807) is 36.4 Å². The summed E-state index contributed by atoms with van der Waals surface area (Å²) in [6.07, 6.45) is 16.1. The van der Waals surface area contributed by atoms with Gasteiger partial charge >= 0.3 is 0 Å². The number of unbranched alkanes of at least 4 members (excludes halogenated alkanes) is 6. The van der Waals surface area contributed by atoms with Crippen molar-refractivity contribution in [2.24, 2.45) is 0 Å². The van der Waals surface area contributed by atoms with Crippen LogP contribution >= 0.6 is 11.3 Å². The largest absolute Gasteiger partial charge is 0.219 e. The average Bonchev–Trinajstić information content (AvgIpc) is 3.38. The van der Waals surface area contributed by atoms with Gasteiger partial charge in [0.05, 0.1) is 9.81 Å². The lowest BCUT2D eigenvalue weighted by Gasteiger charge is -2.07. The van der Waals surface area contributed by atoms with Gasteiger partial charge in [0.15, 0.2) is 0 Å². The van der Waals surface area contributed by atoms with Crippen LogP contribution in [-0.4, -0.2) is 16.8 Å². The Kier molecular flexibility index (Phi) is 8.16. The van der Waals surface area contributed by atoms with Crippen LogP contribution in [0.25, 0.3) is 9.81 Å². The van der Waals surface area contributed by atoms with Crippen molar-refractivity contribution in [3.63, 3.8) is 0 Å². The van der Waals surface area contributed by atoms with Crippen LogP contribution in [-0.2, 0) is 19.7 Å². The predicted octanol–water partition coefficient (Wildman–Crippen LogP) is 7.00. The summed E-state index contributed by atoms with van der Waals surface area (Å²) in [4.78, 5) is 2.72. The minimum Gasteiger partial charge on any atom is -0.219 e. The van der Waals surface area contributed by atoms with E-state index >= 15 is 0 Å². The smallest absolute Gasteiger partial charge is 0.204 e. The summed E-state index contributed by atoms with van der Waals surface area (Å²) in [6.45, 7) is 4.26. The Hall–Kier alpha value is -1.44. The van der Waals surface area contributed by atoms with E-state index in [2.05, 4.69) is 13.8 Å². The molecule has 0 radical (unpaired) electrons. The van der Waals surface area contributed by atoms with Gasteiger partial charge in [0, 0.05) is 19.6 Å². The summed E-state index contributed by atoms with van der Waals surface area (Å²) < 4.78 is 51.9. The molecule has 3 rings (SSSR count). The van der Waals surface area contributed by atoms with Crippen LogP contribution in [0.15, 0.2) is 46.2 Å². The second-order valence-corrected chi connectivity index (χ2v) is 13.1. The summed E-state index contributed by atoms with van der Waals surface area (Å²) >= 11 is 1.24. The molecule has 2 aliphatic rings. The van der Waals surface area contributed by atoms with E-state index < -0.39 is 19.7 Å². The molecule has 0 aromatic carbocycles. The highest BCUT2D eigenvalue weighted by atomic mass is 32.2. The van der Waals surface area contributed by atoms with Crippen molar-refractivity contribution in [1.29, 1.82) is 0 Å². The Morgan fingerprint density at radius 2 is 1.03 bits per heavy atom. The van der Waals surface area contributed by atoms with E-state index in [9.17, 15) is 16.8 Å². The fraction of sp³-hybridized carbons (Fsp3) is 0.500. The summed E-state index contributed by atoms with van der Waals surface area (Å²) in [5, 5.41) is 0. The van der Waals surface area contributed by atoms with E-state index in [-0.39, 0.29) is 9.81 Å². The molecule has 0 saturated heterocycles. The van der Waals surface area contributed by atoms with Crippen LogP contribution < -0.4 is 0 Å². The van der Waals surface area contributed by atoms with Crippen molar-refractivity contribution in [2.45, 2.75) is 78.1 Å². The molecule has 31 heavy (non-hydrogen) atoms. The van der Waals surface area contributed by atoms with E-state index in [1.165, 1.54) is 11.3 Å². The quantitative estimate of drug-likeness (QED) is 0.302.